The van der Waals surface area contributed by atoms with Crippen molar-refractivity contribution < 1.29 is 19.1 Å². The Hall–Kier alpha value is -1.93. The second-order valence-electron chi connectivity index (χ2n) is 11.9. The van der Waals surface area contributed by atoms with Gasteiger partial charge in [0.05, 0.1) is 12.9 Å². The summed E-state index contributed by atoms with van der Waals surface area (Å²) in [5.74, 6) is -0.452. The molecule has 0 fully saturated rings. The van der Waals surface area contributed by atoms with E-state index in [0.717, 1.165) is 31.6 Å². The van der Waals surface area contributed by atoms with Gasteiger partial charge in [-0.3, -0.25) is 9.59 Å². The first kappa shape index (κ1) is 38.1. The van der Waals surface area contributed by atoms with Crippen LogP contribution < -0.4 is 5.73 Å². The standard InChI is InChI=1S/C34H64N4O4/c1-3-5-7-9-11-13-15-17-19-21-23-38(24-22-20-18-16-14-12-10-8-6-4-2)33(39)29-41-25-26-42-34(40)32(35)27-31-28-36-30-37-31/h28,30,32H,3-27,29,35H2,1-2H3,(H,36,37). The Labute approximate surface area is 257 Å². The van der Waals surface area contributed by atoms with Crippen LogP contribution in [0.15, 0.2) is 12.5 Å². The Morgan fingerprint density at radius 1 is 0.762 bits per heavy atom. The van der Waals surface area contributed by atoms with Gasteiger partial charge in [0.2, 0.25) is 5.91 Å². The quantitative estimate of drug-likeness (QED) is 0.0706. The fourth-order valence-electron chi connectivity index (χ4n) is 5.22. The second-order valence-corrected chi connectivity index (χ2v) is 11.9. The molecule has 0 saturated carbocycles. The first-order valence-corrected chi connectivity index (χ1v) is 17.3. The molecule has 1 rings (SSSR count). The molecule has 0 saturated heterocycles. The average Bonchev–Trinajstić information content (AvgIpc) is 3.50. The van der Waals surface area contributed by atoms with E-state index >= 15 is 0 Å². The Balaban J connectivity index is 2.26. The molecule has 8 heteroatoms. The van der Waals surface area contributed by atoms with Gasteiger partial charge in [0.1, 0.15) is 19.3 Å². The number of carbonyl (C=O) groups is 2. The van der Waals surface area contributed by atoms with Crippen molar-refractivity contribution in [3.8, 4) is 0 Å². The van der Waals surface area contributed by atoms with Gasteiger partial charge < -0.3 is 25.1 Å². The van der Waals surface area contributed by atoms with Crippen molar-refractivity contribution in [3.63, 3.8) is 0 Å². The van der Waals surface area contributed by atoms with Crippen LogP contribution in [0, 0.1) is 0 Å². The number of esters is 1. The zero-order valence-corrected chi connectivity index (χ0v) is 27.2. The molecule has 8 nitrogen and oxygen atoms in total. The molecule has 3 N–H and O–H groups in total. The zero-order chi connectivity index (χ0) is 30.5. The third-order valence-corrected chi connectivity index (χ3v) is 7.91. The molecule has 42 heavy (non-hydrogen) atoms. The highest BCUT2D eigenvalue weighted by atomic mass is 16.6. The van der Waals surface area contributed by atoms with Crippen molar-refractivity contribution in [2.75, 3.05) is 32.9 Å². The molecule has 0 bridgehead atoms. The molecule has 244 valence electrons. The summed E-state index contributed by atoms with van der Waals surface area (Å²) in [7, 11) is 0. The van der Waals surface area contributed by atoms with Crippen LogP contribution >= 0.6 is 0 Å². The number of unbranched alkanes of at least 4 members (excludes halogenated alkanes) is 18. The topological polar surface area (TPSA) is 111 Å². The highest BCUT2D eigenvalue weighted by Gasteiger charge is 2.17. The number of hydrogen-bond acceptors (Lipinski definition) is 6. The van der Waals surface area contributed by atoms with Crippen LogP contribution in [-0.2, 0) is 25.5 Å². The SMILES string of the molecule is CCCCCCCCCCCCN(CCCCCCCCCCCC)C(=O)COCCOC(=O)C(N)Cc1cnc[nH]1. The molecule has 0 aromatic carbocycles. The van der Waals surface area contributed by atoms with E-state index in [2.05, 4.69) is 23.8 Å². The predicted octanol–water partition coefficient (Wildman–Crippen LogP) is 7.51. The summed E-state index contributed by atoms with van der Waals surface area (Å²) in [5.41, 5.74) is 6.69. The monoisotopic (exact) mass is 592 g/mol. The molecule has 0 radical (unpaired) electrons. The summed E-state index contributed by atoms with van der Waals surface area (Å²) in [5, 5.41) is 0. The van der Waals surface area contributed by atoms with Crippen molar-refractivity contribution in [1.29, 1.82) is 0 Å². The number of amides is 1. The van der Waals surface area contributed by atoms with Crippen LogP contribution in [0.5, 0.6) is 0 Å². The lowest BCUT2D eigenvalue weighted by atomic mass is 10.1. The minimum atomic E-state index is -0.760. The third kappa shape index (κ3) is 21.7. The highest BCUT2D eigenvalue weighted by molar-refractivity contribution is 5.77. The zero-order valence-electron chi connectivity index (χ0n) is 27.2. The van der Waals surface area contributed by atoms with Gasteiger partial charge in [-0.2, -0.15) is 0 Å². The number of nitrogens with zero attached hydrogens (tertiary/aromatic N) is 2. The first-order chi connectivity index (χ1) is 20.6. The number of ether oxygens (including phenoxy) is 2. The number of nitrogens with two attached hydrogens (primary N) is 1. The molecule has 1 unspecified atom stereocenters. The molecule has 0 aliphatic heterocycles. The average molecular weight is 593 g/mol. The first-order valence-electron chi connectivity index (χ1n) is 17.3. The molecule has 0 spiro atoms. The predicted molar refractivity (Wildman–Crippen MR) is 172 cm³/mol. The molecule has 1 amide bonds. The van der Waals surface area contributed by atoms with Gasteiger partial charge in [-0.25, -0.2) is 4.98 Å². The lowest BCUT2D eigenvalue weighted by molar-refractivity contribution is -0.147. The van der Waals surface area contributed by atoms with Crippen molar-refractivity contribution in [2.45, 2.75) is 155 Å². The number of imidazole rings is 1. The number of aromatic amines is 1. The van der Waals surface area contributed by atoms with Crippen LogP contribution in [0.3, 0.4) is 0 Å². The van der Waals surface area contributed by atoms with Gasteiger partial charge in [-0.15, -0.1) is 0 Å². The Morgan fingerprint density at radius 3 is 1.69 bits per heavy atom. The van der Waals surface area contributed by atoms with E-state index in [-0.39, 0.29) is 25.7 Å². The van der Waals surface area contributed by atoms with Gasteiger partial charge in [-0.05, 0) is 12.8 Å². The van der Waals surface area contributed by atoms with Gasteiger partial charge in [0, 0.05) is 31.4 Å². The minimum Gasteiger partial charge on any atom is -0.462 e. The van der Waals surface area contributed by atoms with Crippen LogP contribution in [0.4, 0.5) is 0 Å². The van der Waals surface area contributed by atoms with Crippen molar-refractivity contribution in [1.82, 2.24) is 14.9 Å². The smallest absolute Gasteiger partial charge is 0.323 e. The molecule has 1 heterocycles. The maximum Gasteiger partial charge on any atom is 0.323 e. The van der Waals surface area contributed by atoms with E-state index in [0.29, 0.717) is 6.42 Å². The largest absolute Gasteiger partial charge is 0.462 e. The normalized spacial score (nSPS) is 12.0. The summed E-state index contributed by atoms with van der Waals surface area (Å²) in [4.78, 5) is 33.9. The Kier molecular flexibility index (Phi) is 25.3. The Morgan fingerprint density at radius 2 is 1.24 bits per heavy atom. The summed E-state index contributed by atoms with van der Waals surface area (Å²) in [6.07, 6.45) is 29.2. The summed E-state index contributed by atoms with van der Waals surface area (Å²) in [6.45, 7) is 6.40. The highest BCUT2D eigenvalue weighted by Crippen LogP contribution is 2.13. The van der Waals surface area contributed by atoms with E-state index in [1.54, 1.807) is 12.5 Å². The summed E-state index contributed by atoms with van der Waals surface area (Å²) in [6, 6.07) is -0.760. The minimum absolute atomic E-state index is 0.0211. The molecule has 1 aromatic heterocycles. The van der Waals surface area contributed by atoms with Crippen molar-refractivity contribution in [2.24, 2.45) is 5.73 Å². The van der Waals surface area contributed by atoms with Crippen molar-refractivity contribution >= 4 is 11.9 Å². The maximum atomic E-state index is 13.0. The number of carbonyl (C=O) groups excluding carboxylic acids is 2. The number of hydrogen-bond donors (Lipinski definition) is 2. The van der Waals surface area contributed by atoms with Gasteiger partial charge >= 0.3 is 5.97 Å². The van der Waals surface area contributed by atoms with Crippen LogP contribution in [-0.4, -0.2) is 65.7 Å². The molecule has 0 aliphatic rings. The lowest BCUT2D eigenvalue weighted by Crippen LogP contribution is -2.37. The fraction of sp³-hybridized carbons (Fsp3) is 0.853. The summed E-state index contributed by atoms with van der Waals surface area (Å²) >= 11 is 0. The van der Waals surface area contributed by atoms with Gasteiger partial charge in [0.25, 0.3) is 0 Å². The molecular formula is C34H64N4O4. The van der Waals surface area contributed by atoms with Crippen LogP contribution in [0.25, 0.3) is 0 Å². The number of H-pyrrole nitrogens is 1. The summed E-state index contributed by atoms with van der Waals surface area (Å²) < 4.78 is 10.8. The van der Waals surface area contributed by atoms with E-state index in [1.807, 2.05) is 4.90 Å². The molecule has 0 aliphatic carbocycles. The number of nitrogens with one attached hydrogen (secondary N) is 1. The lowest BCUT2D eigenvalue weighted by Gasteiger charge is -2.23. The number of aromatic nitrogens is 2. The second kappa shape index (κ2) is 27.9. The van der Waals surface area contributed by atoms with Gasteiger partial charge in [-0.1, -0.05) is 129 Å². The van der Waals surface area contributed by atoms with E-state index in [9.17, 15) is 9.59 Å². The molecular weight excluding hydrogens is 528 g/mol. The van der Waals surface area contributed by atoms with Gasteiger partial charge in [0.15, 0.2) is 0 Å². The van der Waals surface area contributed by atoms with E-state index in [4.69, 9.17) is 15.2 Å². The Bertz CT molecular complexity index is 720. The van der Waals surface area contributed by atoms with Crippen LogP contribution in [0.2, 0.25) is 0 Å². The van der Waals surface area contributed by atoms with Crippen LogP contribution in [0.1, 0.15) is 148 Å². The maximum absolute atomic E-state index is 13.0. The molecule has 1 atom stereocenters. The molecule has 1 aromatic rings. The van der Waals surface area contributed by atoms with E-state index in [1.165, 1.54) is 116 Å². The number of rotatable bonds is 30. The fourth-order valence-corrected chi connectivity index (χ4v) is 5.22. The van der Waals surface area contributed by atoms with E-state index < -0.39 is 12.0 Å². The van der Waals surface area contributed by atoms with Crippen molar-refractivity contribution in [3.05, 3.63) is 18.2 Å². The third-order valence-electron chi connectivity index (χ3n) is 7.91.